The van der Waals surface area contributed by atoms with Gasteiger partial charge >= 0.3 is 5.97 Å². The Hall–Kier alpha value is -1.35. The number of carboxylic acids is 1. The van der Waals surface area contributed by atoms with Crippen LogP contribution >= 0.6 is 0 Å². The van der Waals surface area contributed by atoms with Crippen molar-refractivity contribution in [1.82, 2.24) is 0 Å². The molecule has 0 aromatic heterocycles. The average molecular weight is 234 g/mol. The number of benzene rings is 1. The maximum absolute atomic E-state index is 11.6. The van der Waals surface area contributed by atoms with Crippen molar-refractivity contribution in [1.29, 1.82) is 0 Å². The van der Waals surface area contributed by atoms with E-state index in [1.165, 1.54) is 0 Å². The quantitative estimate of drug-likeness (QED) is 0.874. The van der Waals surface area contributed by atoms with Crippen molar-refractivity contribution in [3.63, 3.8) is 0 Å². The van der Waals surface area contributed by atoms with Gasteiger partial charge in [0.15, 0.2) is 5.60 Å². The zero-order chi connectivity index (χ0) is 12.5. The summed E-state index contributed by atoms with van der Waals surface area (Å²) < 4.78 is 5.61. The maximum Gasteiger partial charge on any atom is 0.340 e. The molecule has 0 saturated heterocycles. The first-order valence-electron chi connectivity index (χ1n) is 6.08. The van der Waals surface area contributed by atoms with Crippen molar-refractivity contribution in [2.24, 2.45) is 0 Å². The molecule has 2 rings (SSSR count). The Morgan fingerprint density at radius 2 is 2.24 bits per heavy atom. The summed E-state index contributed by atoms with van der Waals surface area (Å²) in [6.07, 6.45) is 1.40. The number of carboxylic acid groups (broad SMARTS) is 1. The second-order valence-electron chi connectivity index (χ2n) is 4.59. The normalized spacial score (nSPS) is 27.5. The molecule has 1 aliphatic rings. The zero-order valence-corrected chi connectivity index (χ0v) is 10.3. The van der Waals surface area contributed by atoms with Gasteiger partial charge in [-0.1, -0.05) is 31.2 Å². The predicted octanol–water partition coefficient (Wildman–Crippen LogP) is 2.90. The molecule has 92 valence electrons. The fraction of sp³-hybridized carbons (Fsp3) is 0.500. The largest absolute Gasteiger partial charge is 0.479 e. The molecule has 0 spiro atoms. The Labute approximate surface area is 101 Å². The smallest absolute Gasteiger partial charge is 0.340 e. The fourth-order valence-corrected chi connectivity index (χ4v) is 2.68. The molecule has 3 heteroatoms. The van der Waals surface area contributed by atoms with Gasteiger partial charge in [-0.3, -0.25) is 0 Å². The van der Waals surface area contributed by atoms with Gasteiger partial charge in [0, 0.05) is 6.61 Å². The highest BCUT2D eigenvalue weighted by Crippen LogP contribution is 2.43. The number of rotatable bonds is 3. The Morgan fingerprint density at radius 1 is 1.53 bits per heavy atom. The van der Waals surface area contributed by atoms with Crippen molar-refractivity contribution >= 4 is 5.97 Å². The van der Waals surface area contributed by atoms with Crippen LogP contribution in [0.1, 0.15) is 43.7 Å². The first kappa shape index (κ1) is 12.1. The minimum atomic E-state index is -1.14. The topological polar surface area (TPSA) is 46.5 Å². The van der Waals surface area contributed by atoms with E-state index in [1.54, 1.807) is 0 Å². The highest BCUT2D eigenvalue weighted by molar-refractivity contribution is 5.80. The second kappa shape index (κ2) is 4.49. The van der Waals surface area contributed by atoms with Crippen LogP contribution < -0.4 is 0 Å². The van der Waals surface area contributed by atoms with E-state index in [4.69, 9.17) is 4.74 Å². The van der Waals surface area contributed by atoms with Crippen LogP contribution in [0, 0.1) is 0 Å². The Morgan fingerprint density at radius 3 is 2.88 bits per heavy atom. The van der Waals surface area contributed by atoms with E-state index in [2.05, 4.69) is 6.92 Å². The van der Waals surface area contributed by atoms with Crippen LogP contribution in [0.25, 0.3) is 0 Å². The maximum atomic E-state index is 11.6. The van der Waals surface area contributed by atoms with E-state index < -0.39 is 11.6 Å². The first-order chi connectivity index (χ1) is 8.12. The molecular weight excluding hydrogens is 216 g/mol. The van der Waals surface area contributed by atoms with Gasteiger partial charge in [0.05, 0.1) is 0 Å². The summed E-state index contributed by atoms with van der Waals surface area (Å²) in [5.74, 6) is -0.474. The molecule has 1 aromatic carbocycles. The highest BCUT2D eigenvalue weighted by atomic mass is 16.5. The molecule has 1 N–H and O–H groups in total. The van der Waals surface area contributed by atoms with E-state index in [1.807, 2.05) is 31.2 Å². The molecule has 1 aromatic rings. The lowest BCUT2D eigenvalue weighted by atomic mass is 9.74. The van der Waals surface area contributed by atoms with Gasteiger partial charge in [0.2, 0.25) is 0 Å². The van der Waals surface area contributed by atoms with Crippen molar-refractivity contribution in [2.45, 2.75) is 38.2 Å². The third kappa shape index (κ3) is 1.84. The van der Waals surface area contributed by atoms with Crippen LogP contribution in [-0.4, -0.2) is 17.7 Å². The summed E-state index contributed by atoms with van der Waals surface area (Å²) in [5.41, 5.74) is 0.792. The van der Waals surface area contributed by atoms with Crippen molar-refractivity contribution in [3.8, 4) is 0 Å². The van der Waals surface area contributed by atoms with Crippen LogP contribution in [0.15, 0.2) is 24.3 Å². The van der Waals surface area contributed by atoms with Gasteiger partial charge in [-0.05, 0) is 36.8 Å². The SMILES string of the molecule is CCOC1(C(=O)O)CCC(C)c2ccccc21. The lowest BCUT2D eigenvalue weighted by Gasteiger charge is -2.37. The molecule has 17 heavy (non-hydrogen) atoms. The predicted molar refractivity (Wildman–Crippen MR) is 65.0 cm³/mol. The van der Waals surface area contributed by atoms with Gasteiger partial charge in [-0.15, -0.1) is 0 Å². The fourth-order valence-electron chi connectivity index (χ4n) is 2.68. The van der Waals surface area contributed by atoms with E-state index >= 15 is 0 Å². The number of fused-ring (bicyclic) bond motifs is 1. The van der Waals surface area contributed by atoms with Gasteiger partial charge < -0.3 is 9.84 Å². The van der Waals surface area contributed by atoms with E-state index in [0.717, 1.165) is 17.5 Å². The summed E-state index contributed by atoms with van der Waals surface area (Å²) in [7, 11) is 0. The minimum Gasteiger partial charge on any atom is -0.479 e. The van der Waals surface area contributed by atoms with Gasteiger partial charge in [0.1, 0.15) is 0 Å². The van der Waals surface area contributed by atoms with Gasteiger partial charge in [-0.25, -0.2) is 4.79 Å². The number of hydrogen-bond acceptors (Lipinski definition) is 2. The molecule has 1 aliphatic carbocycles. The third-order valence-electron chi connectivity index (χ3n) is 3.59. The standard InChI is InChI=1S/C14H18O3/c1-3-17-14(13(15)16)9-8-10(2)11-6-4-5-7-12(11)14/h4-7,10H,3,8-9H2,1-2H3,(H,15,16). The zero-order valence-electron chi connectivity index (χ0n) is 10.3. The van der Waals surface area contributed by atoms with Crippen LogP contribution in [-0.2, 0) is 15.1 Å². The average Bonchev–Trinajstić information content (AvgIpc) is 2.33. The van der Waals surface area contributed by atoms with Crippen LogP contribution in [0.4, 0.5) is 0 Å². The van der Waals surface area contributed by atoms with Crippen LogP contribution in [0.5, 0.6) is 0 Å². The molecule has 0 heterocycles. The molecule has 0 radical (unpaired) electrons. The van der Waals surface area contributed by atoms with Crippen LogP contribution in [0.3, 0.4) is 0 Å². The van der Waals surface area contributed by atoms with Crippen molar-refractivity contribution < 1.29 is 14.6 Å². The molecule has 2 unspecified atom stereocenters. The molecular formula is C14H18O3. The molecule has 2 atom stereocenters. The monoisotopic (exact) mass is 234 g/mol. The Bertz CT molecular complexity index is 427. The summed E-state index contributed by atoms with van der Waals surface area (Å²) in [6, 6.07) is 7.73. The lowest BCUT2D eigenvalue weighted by Crippen LogP contribution is -2.42. The summed E-state index contributed by atoms with van der Waals surface area (Å²) in [5, 5.41) is 9.53. The Kier molecular flexibility index (Phi) is 3.20. The number of aliphatic carboxylic acids is 1. The summed E-state index contributed by atoms with van der Waals surface area (Å²) in [6.45, 7) is 4.39. The molecule has 0 saturated carbocycles. The number of hydrogen-bond donors (Lipinski definition) is 1. The van der Waals surface area contributed by atoms with Gasteiger partial charge in [-0.2, -0.15) is 0 Å². The molecule has 0 fully saturated rings. The third-order valence-corrected chi connectivity index (χ3v) is 3.59. The summed E-state index contributed by atoms with van der Waals surface area (Å²) >= 11 is 0. The first-order valence-corrected chi connectivity index (χ1v) is 6.08. The van der Waals surface area contributed by atoms with Gasteiger partial charge in [0.25, 0.3) is 0 Å². The van der Waals surface area contributed by atoms with Crippen molar-refractivity contribution in [2.75, 3.05) is 6.61 Å². The van der Waals surface area contributed by atoms with E-state index in [9.17, 15) is 9.90 Å². The second-order valence-corrected chi connectivity index (χ2v) is 4.59. The summed E-state index contributed by atoms with van der Waals surface area (Å²) in [4.78, 5) is 11.6. The Balaban J connectivity index is 2.56. The van der Waals surface area contributed by atoms with Crippen molar-refractivity contribution in [3.05, 3.63) is 35.4 Å². The van der Waals surface area contributed by atoms with Crippen LogP contribution in [0.2, 0.25) is 0 Å². The lowest BCUT2D eigenvalue weighted by molar-refractivity contribution is -0.169. The molecule has 3 nitrogen and oxygen atoms in total. The molecule has 0 bridgehead atoms. The minimum absolute atomic E-state index is 0.402. The van der Waals surface area contributed by atoms with E-state index in [0.29, 0.717) is 18.9 Å². The highest BCUT2D eigenvalue weighted by Gasteiger charge is 2.45. The number of ether oxygens (including phenoxy) is 1. The molecule has 0 aliphatic heterocycles. The number of carbonyl (C=O) groups is 1. The molecule has 0 amide bonds. The van der Waals surface area contributed by atoms with E-state index in [-0.39, 0.29) is 0 Å².